The first-order valence-electron chi connectivity index (χ1n) is 19.4. The van der Waals surface area contributed by atoms with E-state index in [9.17, 15) is 0 Å². The summed E-state index contributed by atoms with van der Waals surface area (Å²) in [6.07, 6.45) is 0. The summed E-state index contributed by atoms with van der Waals surface area (Å²) >= 11 is 0. The van der Waals surface area contributed by atoms with Gasteiger partial charge in [-0.05, 0) is 155 Å². The topological polar surface area (TPSA) is 18.5 Å². The van der Waals surface area contributed by atoms with Gasteiger partial charge in [0.15, 0.2) is 0 Å². The standard InChI is InChI=1S/C52H39BO2/c1-51(2)52(3,4)55-53(54-51)34-25-26-43-46(29-34)50-31-47(44-27-32-15-5-7-17-35(32)37-19-9-11-21-39(37)44)41-23-13-14-24-42(41)48(50)30-49(43)45-28-33-16-6-8-18-36(33)38-20-10-12-22-40(38)45/h5-31H,1-4H3. The highest BCUT2D eigenvalue weighted by molar-refractivity contribution is 6.62. The third-order valence-corrected chi connectivity index (χ3v) is 12.6. The van der Waals surface area contributed by atoms with Crippen LogP contribution in [-0.4, -0.2) is 18.3 Å². The van der Waals surface area contributed by atoms with Crippen molar-refractivity contribution >= 4 is 88.0 Å². The average Bonchev–Trinajstić information content (AvgIpc) is 3.45. The molecule has 0 amide bonds. The van der Waals surface area contributed by atoms with Crippen LogP contribution in [0.3, 0.4) is 0 Å². The largest absolute Gasteiger partial charge is 0.494 e. The van der Waals surface area contributed by atoms with Gasteiger partial charge in [-0.1, -0.05) is 140 Å². The van der Waals surface area contributed by atoms with E-state index in [-0.39, 0.29) is 0 Å². The third kappa shape index (κ3) is 4.83. The molecular formula is C52H39BO2. The van der Waals surface area contributed by atoms with E-state index in [0.717, 1.165) is 5.46 Å². The minimum atomic E-state index is -0.473. The van der Waals surface area contributed by atoms with Crippen LogP contribution in [-0.2, 0) is 9.31 Å². The van der Waals surface area contributed by atoms with Crippen molar-refractivity contribution in [3.05, 3.63) is 164 Å². The summed E-state index contributed by atoms with van der Waals surface area (Å²) < 4.78 is 13.3. The van der Waals surface area contributed by atoms with E-state index >= 15 is 0 Å². The number of hydrogen-bond donors (Lipinski definition) is 0. The fraction of sp³-hybridized carbons (Fsp3) is 0.115. The van der Waals surface area contributed by atoms with Gasteiger partial charge in [0, 0.05) is 0 Å². The molecule has 0 spiro atoms. The van der Waals surface area contributed by atoms with Gasteiger partial charge in [0.05, 0.1) is 11.2 Å². The predicted octanol–water partition coefficient (Wildman–Crippen LogP) is 13.4. The van der Waals surface area contributed by atoms with Crippen LogP contribution < -0.4 is 5.46 Å². The lowest BCUT2D eigenvalue weighted by molar-refractivity contribution is 0.00578. The molecule has 0 N–H and O–H groups in total. The molecule has 10 aromatic rings. The molecule has 3 heteroatoms. The molecule has 1 aliphatic rings. The van der Waals surface area contributed by atoms with Crippen molar-refractivity contribution in [2.45, 2.75) is 38.9 Å². The Labute approximate surface area is 321 Å². The van der Waals surface area contributed by atoms with Crippen molar-refractivity contribution in [3.63, 3.8) is 0 Å². The molecule has 11 rings (SSSR count). The lowest BCUT2D eigenvalue weighted by atomic mass is 9.76. The molecule has 0 unspecified atom stereocenters. The average molecular weight is 707 g/mol. The quantitative estimate of drug-likeness (QED) is 0.135. The molecule has 55 heavy (non-hydrogen) atoms. The van der Waals surface area contributed by atoms with Crippen LogP contribution in [0.25, 0.3) is 97.7 Å². The fourth-order valence-electron chi connectivity index (χ4n) is 9.14. The monoisotopic (exact) mass is 706 g/mol. The van der Waals surface area contributed by atoms with Gasteiger partial charge in [0.1, 0.15) is 0 Å². The highest BCUT2D eigenvalue weighted by atomic mass is 16.7. The van der Waals surface area contributed by atoms with Crippen molar-refractivity contribution in [1.82, 2.24) is 0 Å². The lowest BCUT2D eigenvalue weighted by Crippen LogP contribution is -2.41. The molecule has 0 aromatic heterocycles. The SMILES string of the molecule is CC1(C)OB(c2ccc3c(-c4cc5ccccc5c5ccccc45)cc4c5ccccc5c(-c5cc6ccccc6c6ccccc56)cc4c3c2)OC1(C)C. The first kappa shape index (κ1) is 32.4. The van der Waals surface area contributed by atoms with Crippen molar-refractivity contribution < 1.29 is 9.31 Å². The normalized spacial score (nSPS) is 15.4. The van der Waals surface area contributed by atoms with Crippen LogP contribution in [0.15, 0.2) is 164 Å². The zero-order valence-corrected chi connectivity index (χ0v) is 31.5. The summed E-state index contributed by atoms with van der Waals surface area (Å²) in [7, 11) is -0.473. The Bertz CT molecular complexity index is 3210. The summed E-state index contributed by atoms with van der Waals surface area (Å²) in [5, 5.41) is 17.4. The van der Waals surface area contributed by atoms with Crippen LogP contribution >= 0.6 is 0 Å². The van der Waals surface area contributed by atoms with Crippen molar-refractivity contribution in [3.8, 4) is 22.3 Å². The molecule has 262 valence electrons. The van der Waals surface area contributed by atoms with Crippen LogP contribution in [0.4, 0.5) is 0 Å². The molecule has 0 radical (unpaired) electrons. The molecular weight excluding hydrogens is 667 g/mol. The van der Waals surface area contributed by atoms with E-state index in [0.29, 0.717) is 0 Å². The second kappa shape index (κ2) is 11.8. The van der Waals surface area contributed by atoms with E-state index in [4.69, 9.17) is 9.31 Å². The van der Waals surface area contributed by atoms with Crippen LogP contribution in [0.2, 0.25) is 0 Å². The Hall–Kier alpha value is -6.00. The Morgan fingerprint density at radius 3 is 1.11 bits per heavy atom. The summed E-state index contributed by atoms with van der Waals surface area (Å²) in [5.41, 5.74) is 5.07. The Balaban J connectivity index is 1.28. The van der Waals surface area contributed by atoms with Gasteiger partial charge in [0.25, 0.3) is 0 Å². The first-order valence-corrected chi connectivity index (χ1v) is 19.4. The van der Waals surface area contributed by atoms with E-state index in [2.05, 4.69) is 191 Å². The molecule has 0 saturated carbocycles. The summed E-state index contributed by atoms with van der Waals surface area (Å²) in [4.78, 5) is 0. The predicted molar refractivity (Wildman–Crippen MR) is 236 cm³/mol. The summed E-state index contributed by atoms with van der Waals surface area (Å²) in [5.74, 6) is 0. The highest BCUT2D eigenvalue weighted by Gasteiger charge is 2.51. The van der Waals surface area contributed by atoms with Gasteiger partial charge in [-0.25, -0.2) is 0 Å². The molecule has 1 heterocycles. The number of hydrogen-bond acceptors (Lipinski definition) is 2. The van der Waals surface area contributed by atoms with Gasteiger partial charge in [-0.3, -0.25) is 0 Å². The van der Waals surface area contributed by atoms with Crippen LogP contribution in [0.1, 0.15) is 27.7 Å². The van der Waals surface area contributed by atoms with E-state index in [1.165, 1.54) is 97.7 Å². The summed E-state index contributed by atoms with van der Waals surface area (Å²) in [6, 6.07) is 60.7. The first-order chi connectivity index (χ1) is 26.8. The second-order valence-electron chi connectivity index (χ2n) is 16.3. The van der Waals surface area contributed by atoms with Gasteiger partial charge in [-0.15, -0.1) is 0 Å². The minimum absolute atomic E-state index is 0.443. The smallest absolute Gasteiger partial charge is 0.399 e. The number of fused-ring (bicyclic) bond motifs is 11. The van der Waals surface area contributed by atoms with Crippen LogP contribution in [0.5, 0.6) is 0 Å². The van der Waals surface area contributed by atoms with E-state index < -0.39 is 18.3 Å². The van der Waals surface area contributed by atoms with Gasteiger partial charge < -0.3 is 9.31 Å². The van der Waals surface area contributed by atoms with E-state index in [1.54, 1.807) is 0 Å². The Kier molecular flexibility index (Phi) is 6.93. The minimum Gasteiger partial charge on any atom is -0.399 e. The maximum atomic E-state index is 6.66. The summed E-state index contributed by atoms with van der Waals surface area (Å²) in [6.45, 7) is 8.49. The number of rotatable bonds is 3. The fourth-order valence-corrected chi connectivity index (χ4v) is 9.14. The Morgan fingerprint density at radius 1 is 0.309 bits per heavy atom. The molecule has 1 aliphatic heterocycles. The molecule has 0 aliphatic carbocycles. The molecule has 2 nitrogen and oxygen atoms in total. The lowest BCUT2D eigenvalue weighted by Gasteiger charge is -2.32. The van der Waals surface area contributed by atoms with Gasteiger partial charge in [0.2, 0.25) is 0 Å². The molecule has 1 fully saturated rings. The molecule has 1 saturated heterocycles. The molecule has 10 aromatic carbocycles. The zero-order chi connectivity index (χ0) is 37.1. The van der Waals surface area contributed by atoms with Crippen molar-refractivity contribution in [2.24, 2.45) is 0 Å². The zero-order valence-electron chi connectivity index (χ0n) is 31.5. The Morgan fingerprint density at radius 2 is 0.636 bits per heavy atom. The maximum absolute atomic E-state index is 6.66. The van der Waals surface area contributed by atoms with Crippen molar-refractivity contribution in [1.29, 1.82) is 0 Å². The van der Waals surface area contributed by atoms with Crippen LogP contribution in [0, 0.1) is 0 Å². The maximum Gasteiger partial charge on any atom is 0.494 e. The third-order valence-electron chi connectivity index (χ3n) is 12.6. The van der Waals surface area contributed by atoms with E-state index in [1.807, 2.05) is 0 Å². The second-order valence-corrected chi connectivity index (χ2v) is 16.3. The molecule has 0 atom stereocenters. The highest BCUT2D eigenvalue weighted by Crippen LogP contribution is 2.46. The van der Waals surface area contributed by atoms with Gasteiger partial charge >= 0.3 is 7.12 Å². The van der Waals surface area contributed by atoms with Crippen molar-refractivity contribution in [2.75, 3.05) is 0 Å². The molecule has 0 bridgehead atoms. The number of benzene rings is 10. The van der Waals surface area contributed by atoms with Gasteiger partial charge in [-0.2, -0.15) is 0 Å².